The third kappa shape index (κ3) is 2.93. The Bertz CT molecular complexity index is 685. The number of rotatable bonds is 3. The van der Waals surface area contributed by atoms with E-state index in [1.165, 1.54) is 0 Å². The van der Waals surface area contributed by atoms with Crippen LogP contribution in [-0.2, 0) is 14.4 Å². The first-order chi connectivity index (χ1) is 12.0. The van der Waals surface area contributed by atoms with E-state index < -0.39 is 17.9 Å². The lowest BCUT2D eigenvalue weighted by Gasteiger charge is -2.57. The van der Waals surface area contributed by atoms with Crippen molar-refractivity contribution >= 4 is 29.2 Å². The molecule has 1 saturated carbocycles. The van der Waals surface area contributed by atoms with Gasteiger partial charge >= 0.3 is 0 Å². The highest BCUT2D eigenvalue weighted by Gasteiger charge is 2.58. The highest BCUT2D eigenvalue weighted by atomic mass is 35.5. The Balaban J connectivity index is 1.91. The Kier molecular flexibility index (Phi) is 4.85. The Hall–Kier alpha value is -1.20. The third-order valence-corrected chi connectivity index (χ3v) is 7.87. The lowest BCUT2D eigenvalue weighted by molar-refractivity contribution is -0.138. The maximum atomic E-state index is 12.9. The minimum atomic E-state index is -0.905. The van der Waals surface area contributed by atoms with E-state index in [1.54, 1.807) is 6.08 Å². The number of aliphatic hydroxyl groups excluding tert-OH is 1. The number of halogens is 1. The fourth-order valence-electron chi connectivity index (χ4n) is 5.73. The molecule has 0 radical (unpaired) electrons. The van der Waals surface area contributed by atoms with E-state index in [4.69, 9.17) is 11.6 Å². The average Bonchev–Trinajstić information content (AvgIpc) is 2.86. The number of amides is 2. The van der Waals surface area contributed by atoms with E-state index in [0.717, 1.165) is 18.4 Å². The number of hydrogen-bond acceptors (Lipinski definition) is 4. The third-order valence-electron chi connectivity index (χ3n) is 7.09. The molecule has 0 unspecified atom stereocenters. The molecule has 0 aromatic rings. The number of allylic oxidation sites excluding steroid dienone is 2. The number of ketones is 1. The molecule has 0 spiro atoms. The van der Waals surface area contributed by atoms with Gasteiger partial charge in [-0.2, -0.15) is 0 Å². The first kappa shape index (κ1) is 19.6. The van der Waals surface area contributed by atoms with Crippen LogP contribution in [0, 0.1) is 28.6 Å². The van der Waals surface area contributed by atoms with Crippen molar-refractivity contribution in [3.63, 3.8) is 0 Å². The maximum absolute atomic E-state index is 12.9. The molecule has 6 atom stereocenters. The van der Waals surface area contributed by atoms with Crippen molar-refractivity contribution in [2.45, 2.75) is 64.9 Å². The summed E-state index contributed by atoms with van der Waals surface area (Å²) >= 11 is 6.57. The monoisotopic (exact) mass is 381 g/mol. The molecule has 6 heteroatoms. The molecule has 5 nitrogen and oxygen atoms in total. The van der Waals surface area contributed by atoms with Crippen LogP contribution in [0.3, 0.4) is 0 Å². The minimum absolute atomic E-state index is 0.0212. The van der Waals surface area contributed by atoms with Crippen LogP contribution in [0.2, 0.25) is 0 Å². The van der Waals surface area contributed by atoms with E-state index in [-0.39, 0.29) is 46.2 Å². The zero-order valence-electron chi connectivity index (χ0n) is 15.8. The Morgan fingerprint density at radius 2 is 1.96 bits per heavy atom. The van der Waals surface area contributed by atoms with Crippen LogP contribution in [0.5, 0.6) is 0 Å². The number of carbonyl (C=O) groups excluding carboxylic acids is 3. The van der Waals surface area contributed by atoms with Gasteiger partial charge in [0.15, 0.2) is 5.78 Å². The summed E-state index contributed by atoms with van der Waals surface area (Å²) in [4.78, 5) is 36.3. The van der Waals surface area contributed by atoms with Gasteiger partial charge in [0.05, 0.1) is 12.0 Å². The van der Waals surface area contributed by atoms with E-state index in [2.05, 4.69) is 26.1 Å². The summed E-state index contributed by atoms with van der Waals surface area (Å²) in [5, 5.41) is 12.9. The fourth-order valence-corrected chi connectivity index (χ4v) is 5.96. The molecule has 2 N–H and O–H groups in total. The van der Waals surface area contributed by atoms with E-state index >= 15 is 0 Å². The van der Waals surface area contributed by atoms with Gasteiger partial charge in [-0.25, -0.2) is 0 Å². The number of nitrogens with one attached hydrogen (secondary N) is 1. The molecule has 0 aromatic heterocycles. The quantitative estimate of drug-likeness (QED) is 0.581. The lowest BCUT2D eigenvalue weighted by Crippen LogP contribution is -2.56. The molecule has 1 aliphatic heterocycles. The van der Waals surface area contributed by atoms with Gasteiger partial charge in [-0.1, -0.05) is 26.3 Å². The van der Waals surface area contributed by atoms with Crippen LogP contribution in [0.25, 0.3) is 0 Å². The highest BCUT2D eigenvalue weighted by molar-refractivity contribution is 6.21. The summed E-state index contributed by atoms with van der Waals surface area (Å²) in [5.74, 6) is -1.56. The topological polar surface area (TPSA) is 83.5 Å². The van der Waals surface area contributed by atoms with E-state index in [0.29, 0.717) is 6.42 Å². The van der Waals surface area contributed by atoms with Crippen molar-refractivity contribution in [1.82, 2.24) is 5.32 Å². The highest BCUT2D eigenvalue weighted by Crippen LogP contribution is 2.60. The number of fused-ring (bicyclic) bond motifs is 1. The van der Waals surface area contributed by atoms with Crippen molar-refractivity contribution in [3.05, 3.63) is 11.6 Å². The summed E-state index contributed by atoms with van der Waals surface area (Å²) in [6, 6.07) is 0. The molecular formula is C20H28ClNO4. The molecule has 26 heavy (non-hydrogen) atoms. The minimum Gasteiger partial charge on any atom is -0.392 e. The fraction of sp³-hybridized carbons (Fsp3) is 0.750. The first-order valence-corrected chi connectivity index (χ1v) is 9.80. The molecule has 0 aromatic carbocycles. The first-order valence-electron chi connectivity index (χ1n) is 9.36. The summed E-state index contributed by atoms with van der Waals surface area (Å²) in [6.07, 6.45) is 2.81. The predicted molar refractivity (Wildman–Crippen MR) is 98.4 cm³/mol. The second-order valence-corrected chi connectivity index (χ2v) is 9.66. The normalized spacial score (nSPS) is 40.7. The summed E-state index contributed by atoms with van der Waals surface area (Å²) < 4.78 is 0. The zero-order chi connectivity index (χ0) is 19.4. The summed E-state index contributed by atoms with van der Waals surface area (Å²) in [6.45, 7) is 8.15. The van der Waals surface area contributed by atoms with E-state index in [1.807, 2.05) is 6.92 Å². The second kappa shape index (κ2) is 6.45. The molecule has 2 fully saturated rings. The Labute approximate surface area is 159 Å². The van der Waals surface area contributed by atoms with Crippen LogP contribution < -0.4 is 5.32 Å². The predicted octanol–water partition coefficient (Wildman–Crippen LogP) is 2.60. The Morgan fingerprint density at radius 3 is 2.54 bits per heavy atom. The van der Waals surface area contributed by atoms with E-state index in [9.17, 15) is 19.5 Å². The molecule has 1 saturated heterocycles. The van der Waals surface area contributed by atoms with Crippen molar-refractivity contribution in [2.75, 3.05) is 0 Å². The van der Waals surface area contributed by atoms with Crippen molar-refractivity contribution in [1.29, 1.82) is 0 Å². The standard InChI is InChI=1S/C20H28ClNO4/c1-10-7-14(24)17-19(2,3)15(21)5-6-20(17,4)12(10)9-13(23)11-8-16(25)22-18(11)26/h7,11-13,15,17,23H,5-6,8-9H2,1-4H3,(H,22,25,26)/t11-,12+,13+,15+,17-,20-/m1/s1. The number of imide groups is 1. The molecule has 1 heterocycles. The molecule has 3 rings (SSSR count). The van der Waals surface area contributed by atoms with Gasteiger partial charge in [-0.15, -0.1) is 11.6 Å². The van der Waals surface area contributed by atoms with Crippen molar-refractivity contribution in [3.8, 4) is 0 Å². The molecule has 2 amide bonds. The second-order valence-electron chi connectivity index (χ2n) is 9.14. The number of alkyl halides is 1. The maximum Gasteiger partial charge on any atom is 0.232 e. The number of hydrogen-bond donors (Lipinski definition) is 2. The van der Waals surface area contributed by atoms with Gasteiger partial charge in [0, 0.05) is 17.7 Å². The van der Waals surface area contributed by atoms with Gasteiger partial charge in [0.1, 0.15) is 0 Å². The largest absolute Gasteiger partial charge is 0.392 e. The zero-order valence-corrected chi connectivity index (χ0v) is 16.6. The van der Waals surface area contributed by atoms with Crippen LogP contribution in [0.4, 0.5) is 0 Å². The van der Waals surface area contributed by atoms with Gasteiger partial charge in [0.2, 0.25) is 11.8 Å². The van der Waals surface area contributed by atoms with Crippen LogP contribution in [-0.4, -0.2) is 34.2 Å². The molecular weight excluding hydrogens is 354 g/mol. The average molecular weight is 382 g/mol. The van der Waals surface area contributed by atoms with Gasteiger partial charge in [0.25, 0.3) is 0 Å². The lowest BCUT2D eigenvalue weighted by atomic mass is 9.47. The molecule has 144 valence electrons. The van der Waals surface area contributed by atoms with Crippen LogP contribution in [0.1, 0.15) is 53.4 Å². The molecule has 0 bridgehead atoms. The van der Waals surface area contributed by atoms with Gasteiger partial charge < -0.3 is 5.11 Å². The van der Waals surface area contributed by atoms with Gasteiger partial charge in [-0.05, 0) is 49.0 Å². The van der Waals surface area contributed by atoms with Crippen molar-refractivity contribution < 1.29 is 19.5 Å². The number of aliphatic hydroxyl groups is 1. The van der Waals surface area contributed by atoms with Gasteiger partial charge in [-0.3, -0.25) is 19.7 Å². The number of carbonyl (C=O) groups is 3. The Morgan fingerprint density at radius 1 is 1.31 bits per heavy atom. The summed E-state index contributed by atoms with van der Waals surface area (Å²) in [7, 11) is 0. The smallest absolute Gasteiger partial charge is 0.232 e. The summed E-state index contributed by atoms with van der Waals surface area (Å²) in [5.41, 5.74) is 0.291. The van der Waals surface area contributed by atoms with Crippen molar-refractivity contribution in [2.24, 2.45) is 28.6 Å². The van der Waals surface area contributed by atoms with Crippen LogP contribution in [0.15, 0.2) is 11.6 Å². The van der Waals surface area contributed by atoms with Crippen LogP contribution >= 0.6 is 11.6 Å². The molecule has 2 aliphatic carbocycles. The molecule has 3 aliphatic rings. The SMILES string of the molecule is CC1=CC(=O)[C@@H]2C(C)(C)[C@@H](Cl)CC[C@]2(C)[C@H]1C[C@H](O)[C@H]1CC(=O)NC1=O.